The van der Waals surface area contributed by atoms with Crippen molar-refractivity contribution in [2.75, 3.05) is 19.8 Å². The molecule has 0 atom stereocenters. The molecule has 0 radical (unpaired) electrons. The molecule has 0 N–H and O–H groups in total. The first-order valence-corrected chi connectivity index (χ1v) is 11.2. The molecule has 0 aliphatic rings. The number of phosphoric ester groups is 1. The Bertz CT molecular complexity index is 284. The number of rotatable bonds is 17. The van der Waals surface area contributed by atoms with Crippen LogP contribution < -0.4 is 0 Å². The van der Waals surface area contributed by atoms with E-state index >= 15 is 0 Å². The van der Waals surface area contributed by atoms with E-state index in [1.165, 1.54) is 25.7 Å². The molecule has 140 valence electrons. The summed E-state index contributed by atoms with van der Waals surface area (Å²) in [6.07, 6.45) is 10.9. The maximum atomic E-state index is 12.5. The Kier molecular flexibility index (Phi) is 16.7. The fourth-order valence-corrected chi connectivity index (χ4v) is 3.59. The van der Waals surface area contributed by atoms with Crippen molar-refractivity contribution in [2.24, 2.45) is 0 Å². The molecule has 23 heavy (non-hydrogen) atoms. The Labute approximate surface area is 152 Å². The van der Waals surface area contributed by atoms with Crippen LogP contribution in [0.5, 0.6) is 0 Å². The second-order valence-corrected chi connectivity index (χ2v) is 8.58. The zero-order chi connectivity index (χ0) is 17.4. The molecule has 0 amide bonds. The highest BCUT2D eigenvalue weighted by Crippen LogP contribution is 2.50. The van der Waals surface area contributed by atoms with Gasteiger partial charge in [0.25, 0.3) is 0 Å². The molecule has 0 aromatic carbocycles. The van der Waals surface area contributed by atoms with Crippen LogP contribution in [0.25, 0.3) is 0 Å². The average molecular weight is 391 g/mol. The Hall–Kier alpha value is 0.690. The molecule has 0 aromatic heterocycles. The van der Waals surface area contributed by atoms with E-state index in [0.717, 1.165) is 38.5 Å². The van der Waals surface area contributed by atoms with Gasteiger partial charge in [-0.05, 0) is 12.8 Å². The second kappa shape index (κ2) is 16.2. The van der Waals surface area contributed by atoms with Gasteiger partial charge >= 0.3 is 7.82 Å². The molecular formula is C16H33Cl2O4P. The molecule has 0 saturated heterocycles. The van der Waals surface area contributed by atoms with Crippen LogP contribution in [-0.2, 0) is 18.1 Å². The van der Waals surface area contributed by atoms with E-state index in [-0.39, 0.29) is 6.61 Å². The number of phosphoric acid groups is 1. The maximum Gasteiger partial charge on any atom is 0.474 e. The van der Waals surface area contributed by atoms with E-state index < -0.39 is 12.7 Å². The summed E-state index contributed by atoms with van der Waals surface area (Å²) in [4.78, 5) is -0.746. The molecule has 0 bridgehead atoms. The predicted octanol–water partition coefficient (Wildman–Crippen LogP) is 6.89. The Morgan fingerprint density at radius 3 is 1.57 bits per heavy atom. The lowest BCUT2D eigenvalue weighted by atomic mass is 10.2. The number of hydrogen-bond acceptors (Lipinski definition) is 4. The molecule has 0 spiro atoms. The number of halogens is 2. The minimum Gasteiger partial charge on any atom is -0.287 e. The summed E-state index contributed by atoms with van der Waals surface area (Å²) in [6, 6.07) is 0. The zero-order valence-corrected chi connectivity index (χ0v) is 17.0. The molecule has 0 heterocycles. The smallest absolute Gasteiger partial charge is 0.287 e. The van der Waals surface area contributed by atoms with Crippen LogP contribution in [0.3, 0.4) is 0 Å². The molecular weight excluding hydrogens is 358 g/mol. The van der Waals surface area contributed by atoms with Gasteiger partial charge < -0.3 is 0 Å². The fourth-order valence-electron chi connectivity index (χ4n) is 2.02. The van der Waals surface area contributed by atoms with Gasteiger partial charge in [0.1, 0.15) is 4.84 Å². The quantitative estimate of drug-likeness (QED) is 0.154. The number of unbranched alkanes of at least 4 members (excludes halogenated alkanes) is 8. The standard InChI is InChI=1S/C16H33Cl2O4P/c1-3-5-7-9-11-13-20-23(19,22-15-16(17)18)21-14-12-10-8-6-4-2/h16H,3-15H2,1-2H3. The van der Waals surface area contributed by atoms with Gasteiger partial charge in [0, 0.05) is 0 Å². The van der Waals surface area contributed by atoms with E-state index in [0.29, 0.717) is 13.2 Å². The van der Waals surface area contributed by atoms with E-state index in [9.17, 15) is 4.57 Å². The van der Waals surface area contributed by atoms with Crippen molar-refractivity contribution in [1.82, 2.24) is 0 Å². The van der Waals surface area contributed by atoms with Crippen molar-refractivity contribution in [3.8, 4) is 0 Å². The lowest BCUT2D eigenvalue weighted by Crippen LogP contribution is -2.07. The van der Waals surface area contributed by atoms with Crippen LogP contribution in [-0.4, -0.2) is 24.7 Å². The van der Waals surface area contributed by atoms with Crippen molar-refractivity contribution in [1.29, 1.82) is 0 Å². The van der Waals surface area contributed by atoms with E-state index in [4.69, 9.17) is 36.8 Å². The third kappa shape index (κ3) is 15.9. The van der Waals surface area contributed by atoms with Gasteiger partial charge in [-0.15, -0.1) is 23.2 Å². The summed E-state index contributed by atoms with van der Waals surface area (Å²) in [5.41, 5.74) is 0. The first-order chi connectivity index (χ1) is 11.0. The summed E-state index contributed by atoms with van der Waals surface area (Å²) in [5, 5.41) is 0. The molecule has 0 aliphatic carbocycles. The lowest BCUT2D eigenvalue weighted by Gasteiger charge is -2.18. The summed E-state index contributed by atoms with van der Waals surface area (Å²) in [5.74, 6) is 0. The highest BCUT2D eigenvalue weighted by Gasteiger charge is 2.27. The minimum atomic E-state index is -3.55. The fraction of sp³-hybridized carbons (Fsp3) is 1.00. The first kappa shape index (κ1) is 23.7. The summed E-state index contributed by atoms with van der Waals surface area (Å²) < 4.78 is 28.5. The topological polar surface area (TPSA) is 44.8 Å². The SMILES string of the molecule is CCCCCCCOP(=O)(OCCCCCCC)OCC(Cl)Cl. The second-order valence-electron chi connectivity index (χ2n) is 5.63. The molecule has 0 unspecified atom stereocenters. The molecule has 0 aromatic rings. The van der Waals surface area contributed by atoms with Gasteiger partial charge in [-0.25, -0.2) is 4.57 Å². The van der Waals surface area contributed by atoms with Crippen molar-refractivity contribution in [3.63, 3.8) is 0 Å². The van der Waals surface area contributed by atoms with Crippen LogP contribution in [0, 0.1) is 0 Å². The van der Waals surface area contributed by atoms with Gasteiger partial charge in [-0.1, -0.05) is 65.2 Å². The predicted molar refractivity (Wildman–Crippen MR) is 98.5 cm³/mol. The Morgan fingerprint density at radius 1 is 0.739 bits per heavy atom. The molecule has 4 nitrogen and oxygen atoms in total. The van der Waals surface area contributed by atoms with Crippen molar-refractivity contribution < 1.29 is 18.1 Å². The van der Waals surface area contributed by atoms with Crippen LogP contribution >= 0.6 is 31.0 Å². The normalized spacial score (nSPS) is 12.2. The van der Waals surface area contributed by atoms with E-state index in [2.05, 4.69) is 13.8 Å². The van der Waals surface area contributed by atoms with Crippen LogP contribution in [0.1, 0.15) is 78.1 Å². The van der Waals surface area contributed by atoms with Crippen LogP contribution in [0.15, 0.2) is 0 Å². The minimum absolute atomic E-state index is 0.0634. The van der Waals surface area contributed by atoms with Crippen molar-refractivity contribution in [3.05, 3.63) is 0 Å². The van der Waals surface area contributed by atoms with E-state index in [1.54, 1.807) is 0 Å². The van der Waals surface area contributed by atoms with Gasteiger partial charge in [-0.2, -0.15) is 0 Å². The van der Waals surface area contributed by atoms with Crippen LogP contribution in [0.2, 0.25) is 0 Å². The van der Waals surface area contributed by atoms with Gasteiger partial charge in [0.05, 0.1) is 19.8 Å². The highest BCUT2D eigenvalue weighted by molar-refractivity contribution is 7.48. The van der Waals surface area contributed by atoms with Crippen LogP contribution in [0.4, 0.5) is 0 Å². The third-order valence-corrected chi connectivity index (χ3v) is 5.07. The average Bonchev–Trinajstić information content (AvgIpc) is 2.52. The molecule has 0 fully saturated rings. The van der Waals surface area contributed by atoms with E-state index in [1.807, 2.05) is 0 Å². The molecule has 0 aliphatic heterocycles. The Morgan fingerprint density at radius 2 is 1.17 bits per heavy atom. The molecule has 7 heteroatoms. The summed E-state index contributed by atoms with van der Waals surface area (Å²) >= 11 is 11.3. The van der Waals surface area contributed by atoms with Gasteiger partial charge in [0.15, 0.2) is 0 Å². The maximum absolute atomic E-state index is 12.5. The first-order valence-electron chi connectivity index (χ1n) is 8.86. The monoisotopic (exact) mass is 390 g/mol. The lowest BCUT2D eigenvalue weighted by molar-refractivity contribution is 0.113. The number of alkyl halides is 2. The summed E-state index contributed by atoms with van der Waals surface area (Å²) in [6.45, 7) is 5.01. The third-order valence-electron chi connectivity index (χ3n) is 3.35. The highest BCUT2D eigenvalue weighted by atomic mass is 35.5. The molecule has 0 rings (SSSR count). The molecule has 0 saturated carbocycles. The zero-order valence-electron chi connectivity index (χ0n) is 14.6. The Balaban J connectivity index is 4.01. The van der Waals surface area contributed by atoms with Gasteiger partial charge in [0.2, 0.25) is 0 Å². The largest absolute Gasteiger partial charge is 0.474 e. The van der Waals surface area contributed by atoms with Gasteiger partial charge in [-0.3, -0.25) is 13.6 Å². The number of hydrogen-bond donors (Lipinski definition) is 0. The van der Waals surface area contributed by atoms with Crippen molar-refractivity contribution in [2.45, 2.75) is 82.9 Å². The summed E-state index contributed by atoms with van der Waals surface area (Å²) in [7, 11) is -3.55. The van der Waals surface area contributed by atoms with Crippen molar-refractivity contribution >= 4 is 31.0 Å².